The predicted molar refractivity (Wildman–Crippen MR) is 98.7 cm³/mol. The number of hydrogen-bond acceptors (Lipinski definition) is 3. The normalized spacial score (nSPS) is 14.1. The summed E-state index contributed by atoms with van der Waals surface area (Å²) in [7, 11) is 0. The molecule has 24 heavy (non-hydrogen) atoms. The van der Waals surface area contributed by atoms with E-state index in [1.54, 1.807) is 20.8 Å². The topological polar surface area (TPSA) is 78.4 Å². The molecule has 0 bridgehead atoms. The smallest absolute Gasteiger partial charge is 0.242 e. The summed E-state index contributed by atoms with van der Waals surface area (Å²) in [6, 6.07) is -0.474. The summed E-state index contributed by atoms with van der Waals surface area (Å²) in [6.07, 6.45) is 8.38. The third kappa shape index (κ3) is 13.3. The molecule has 0 saturated heterocycles. The van der Waals surface area contributed by atoms with E-state index in [9.17, 15) is 14.7 Å². The molecule has 0 unspecified atom stereocenters. The SMILES string of the molecule is CCCCCCCC(=O)N[C@@H](C)C(=O)N[C@@H](C)CCCC(C)(C)O. The first kappa shape index (κ1) is 22.9. The zero-order chi connectivity index (χ0) is 18.6. The molecule has 0 radical (unpaired) electrons. The third-order valence-electron chi connectivity index (χ3n) is 4.09. The van der Waals surface area contributed by atoms with E-state index in [0.717, 1.165) is 25.7 Å². The summed E-state index contributed by atoms with van der Waals surface area (Å²) < 4.78 is 0. The molecule has 0 aromatic rings. The van der Waals surface area contributed by atoms with E-state index >= 15 is 0 Å². The molecule has 0 aromatic carbocycles. The third-order valence-corrected chi connectivity index (χ3v) is 4.09. The zero-order valence-electron chi connectivity index (χ0n) is 16.3. The van der Waals surface area contributed by atoms with Crippen molar-refractivity contribution in [1.82, 2.24) is 10.6 Å². The molecule has 142 valence electrons. The Morgan fingerprint density at radius 1 is 1.00 bits per heavy atom. The standard InChI is InChI=1S/C19H38N2O3/c1-6-7-8-9-10-13-17(22)21-16(3)18(23)20-15(2)12-11-14-19(4,5)24/h15-16,24H,6-14H2,1-5H3,(H,20,23)(H,21,22)/t15-,16-/m0/s1. The van der Waals surface area contributed by atoms with Gasteiger partial charge in [0.05, 0.1) is 5.60 Å². The van der Waals surface area contributed by atoms with Gasteiger partial charge in [-0.25, -0.2) is 0 Å². The van der Waals surface area contributed by atoms with Crippen molar-refractivity contribution in [2.24, 2.45) is 0 Å². The first-order valence-electron chi connectivity index (χ1n) is 9.48. The maximum atomic E-state index is 12.1. The summed E-state index contributed by atoms with van der Waals surface area (Å²) in [5.41, 5.74) is -0.665. The minimum Gasteiger partial charge on any atom is -0.390 e. The van der Waals surface area contributed by atoms with E-state index < -0.39 is 11.6 Å². The van der Waals surface area contributed by atoms with E-state index in [2.05, 4.69) is 17.6 Å². The largest absolute Gasteiger partial charge is 0.390 e. The maximum absolute atomic E-state index is 12.1. The van der Waals surface area contributed by atoms with Crippen molar-refractivity contribution in [1.29, 1.82) is 0 Å². The Kier molecular flexibility index (Phi) is 11.7. The highest BCUT2D eigenvalue weighted by atomic mass is 16.3. The average molecular weight is 343 g/mol. The zero-order valence-corrected chi connectivity index (χ0v) is 16.3. The number of unbranched alkanes of at least 4 members (excludes halogenated alkanes) is 4. The molecule has 2 amide bonds. The number of carbonyl (C=O) groups is 2. The maximum Gasteiger partial charge on any atom is 0.242 e. The molecule has 2 atom stereocenters. The van der Waals surface area contributed by atoms with Gasteiger partial charge in [-0.3, -0.25) is 9.59 Å². The van der Waals surface area contributed by atoms with Crippen molar-refractivity contribution in [3.63, 3.8) is 0 Å². The van der Waals surface area contributed by atoms with Crippen LogP contribution in [-0.4, -0.2) is 34.6 Å². The van der Waals surface area contributed by atoms with Gasteiger partial charge in [0.1, 0.15) is 6.04 Å². The van der Waals surface area contributed by atoms with Gasteiger partial charge in [-0.2, -0.15) is 0 Å². The molecule has 0 aromatic heterocycles. The van der Waals surface area contributed by atoms with Crippen LogP contribution >= 0.6 is 0 Å². The summed E-state index contributed by atoms with van der Waals surface area (Å²) in [4.78, 5) is 23.9. The number of hydrogen-bond donors (Lipinski definition) is 3. The number of rotatable bonds is 13. The van der Waals surface area contributed by atoms with Crippen molar-refractivity contribution in [3.8, 4) is 0 Å². The predicted octanol–water partition coefficient (Wildman–Crippen LogP) is 3.30. The number of aliphatic hydroxyl groups is 1. The molecule has 0 aliphatic heterocycles. The summed E-state index contributed by atoms with van der Waals surface area (Å²) in [5, 5.41) is 15.4. The Bertz CT molecular complexity index is 364. The van der Waals surface area contributed by atoms with Crippen LogP contribution in [0.4, 0.5) is 0 Å². The first-order valence-corrected chi connectivity index (χ1v) is 9.48. The summed E-state index contributed by atoms with van der Waals surface area (Å²) in [6.45, 7) is 9.41. The molecule has 0 aliphatic carbocycles. The fraction of sp³-hybridized carbons (Fsp3) is 0.895. The van der Waals surface area contributed by atoms with E-state index in [-0.39, 0.29) is 17.9 Å². The molecule has 0 saturated carbocycles. The first-order chi connectivity index (χ1) is 11.2. The van der Waals surface area contributed by atoms with Crippen LogP contribution in [0.3, 0.4) is 0 Å². The lowest BCUT2D eigenvalue weighted by Gasteiger charge is -2.21. The van der Waals surface area contributed by atoms with Gasteiger partial charge in [-0.15, -0.1) is 0 Å². The summed E-state index contributed by atoms with van der Waals surface area (Å²) in [5.74, 6) is -0.200. The van der Waals surface area contributed by atoms with Crippen LogP contribution < -0.4 is 10.6 Å². The monoisotopic (exact) mass is 342 g/mol. The highest BCUT2D eigenvalue weighted by Crippen LogP contribution is 2.13. The van der Waals surface area contributed by atoms with E-state index in [0.29, 0.717) is 12.8 Å². The second-order valence-electron chi connectivity index (χ2n) is 7.57. The quantitative estimate of drug-likeness (QED) is 0.449. The second kappa shape index (κ2) is 12.3. The highest BCUT2D eigenvalue weighted by Gasteiger charge is 2.18. The van der Waals surface area contributed by atoms with Crippen LogP contribution in [0, 0.1) is 0 Å². The molecule has 0 aliphatic rings. The molecule has 0 heterocycles. The van der Waals surface area contributed by atoms with E-state index in [1.165, 1.54) is 19.3 Å². The number of nitrogens with one attached hydrogen (secondary N) is 2. The fourth-order valence-electron chi connectivity index (χ4n) is 2.55. The van der Waals surface area contributed by atoms with Gasteiger partial charge in [0.25, 0.3) is 0 Å². The number of carbonyl (C=O) groups excluding carboxylic acids is 2. The van der Waals surface area contributed by atoms with Gasteiger partial charge in [0.15, 0.2) is 0 Å². The van der Waals surface area contributed by atoms with Crippen molar-refractivity contribution >= 4 is 11.8 Å². The Hall–Kier alpha value is -1.10. The van der Waals surface area contributed by atoms with Crippen LogP contribution in [0.2, 0.25) is 0 Å². The minimum atomic E-state index is -0.665. The molecular formula is C19H38N2O3. The van der Waals surface area contributed by atoms with Crippen LogP contribution in [0.15, 0.2) is 0 Å². The molecule has 0 fully saturated rings. The Balaban J connectivity index is 3.90. The molecule has 0 spiro atoms. The lowest BCUT2D eigenvalue weighted by molar-refractivity contribution is -0.129. The van der Waals surface area contributed by atoms with Crippen molar-refractivity contribution < 1.29 is 14.7 Å². The lowest BCUT2D eigenvalue weighted by Crippen LogP contribution is -2.47. The Labute approximate surface area is 148 Å². The highest BCUT2D eigenvalue weighted by molar-refractivity contribution is 5.87. The fourth-order valence-corrected chi connectivity index (χ4v) is 2.55. The van der Waals surface area contributed by atoms with Gasteiger partial charge in [0, 0.05) is 12.5 Å². The molecule has 5 heteroatoms. The van der Waals surface area contributed by atoms with Gasteiger partial charge in [0.2, 0.25) is 11.8 Å². The molecule has 5 nitrogen and oxygen atoms in total. The van der Waals surface area contributed by atoms with Crippen molar-refractivity contribution in [2.75, 3.05) is 0 Å². The van der Waals surface area contributed by atoms with Crippen LogP contribution in [-0.2, 0) is 9.59 Å². The number of amides is 2. The Morgan fingerprint density at radius 3 is 2.21 bits per heavy atom. The van der Waals surface area contributed by atoms with Gasteiger partial charge >= 0.3 is 0 Å². The van der Waals surface area contributed by atoms with E-state index in [1.807, 2.05) is 6.92 Å². The molecule has 3 N–H and O–H groups in total. The van der Waals surface area contributed by atoms with Gasteiger partial charge < -0.3 is 15.7 Å². The van der Waals surface area contributed by atoms with Crippen LogP contribution in [0.5, 0.6) is 0 Å². The van der Waals surface area contributed by atoms with E-state index in [4.69, 9.17) is 0 Å². The summed E-state index contributed by atoms with van der Waals surface area (Å²) >= 11 is 0. The van der Waals surface area contributed by atoms with Gasteiger partial charge in [-0.1, -0.05) is 32.6 Å². The molecular weight excluding hydrogens is 304 g/mol. The second-order valence-corrected chi connectivity index (χ2v) is 7.57. The molecule has 0 rings (SSSR count). The van der Waals surface area contributed by atoms with Crippen LogP contribution in [0.1, 0.15) is 92.4 Å². The lowest BCUT2D eigenvalue weighted by atomic mass is 10.00. The minimum absolute atomic E-state index is 0.0354. The van der Waals surface area contributed by atoms with Crippen molar-refractivity contribution in [3.05, 3.63) is 0 Å². The van der Waals surface area contributed by atoms with Gasteiger partial charge in [-0.05, 0) is 53.4 Å². The average Bonchev–Trinajstić information content (AvgIpc) is 2.45. The van der Waals surface area contributed by atoms with Crippen molar-refractivity contribution in [2.45, 2.75) is 110 Å². The van der Waals surface area contributed by atoms with Crippen LogP contribution in [0.25, 0.3) is 0 Å². The Morgan fingerprint density at radius 2 is 1.62 bits per heavy atom.